The number of hydrogen-bond donors (Lipinski definition) is 1. The zero-order chi connectivity index (χ0) is 13.6. The van der Waals surface area contributed by atoms with Gasteiger partial charge in [-0.05, 0) is 31.5 Å². The fraction of sp³-hybridized carbons (Fsp3) is 0.438. The molecule has 0 amide bonds. The first kappa shape index (κ1) is 14.5. The second kappa shape index (κ2) is 6.37. The van der Waals surface area contributed by atoms with Crippen molar-refractivity contribution in [2.75, 3.05) is 0 Å². The van der Waals surface area contributed by atoms with Crippen molar-refractivity contribution in [3.63, 3.8) is 0 Å². The van der Waals surface area contributed by atoms with Gasteiger partial charge in [-0.3, -0.25) is 4.79 Å². The second-order valence-electron chi connectivity index (χ2n) is 4.91. The molecule has 2 nitrogen and oxygen atoms in total. The van der Waals surface area contributed by atoms with Crippen molar-refractivity contribution < 1.29 is 9.90 Å². The maximum atomic E-state index is 11.3. The van der Waals surface area contributed by atoms with Gasteiger partial charge in [0.1, 0.15) is 5.78 Å². The Labute approximate surface area is 109 Å². The number of hydrogen-bond acceptors (Lipinski definition) is 2. The molecular formula is C16H20O2. The van der Waals surface area contributed by atoms with Crippen LogP contribution in [0.2, 0.25) is 0 Å². The normalized spacial score (nSPS) is 13.3. The number of carbonyl (C=O) groups excluding carboxylic acids is 1. The summed E-state index contributed by atoms with van der Waals surface area (Å²) < 4.78 is 0. The van der Waals surface area contributed by atoms with E-state index in [1.807, 2.05) is 31.2 Å². The first-order chi connectivity index (χ1) is 8.43. The summed E-state index contributed by atoms with van der Waals surface area (Å²) in [5.74, 6) is 6.02. The average molecular weight is 244 g/mol. The van der Waals surface area contributed by atoms with Crippen LogP contribution in [0.25, 0.3) is 0 Å². The predicted molar refractivity (Wildman–Crippen MR) is 73.2 cm³/mol. The monoisotopic (exact) mass is 244 g/mol. The van der Waals surface area contributed by atoms with E-state index in [4.69, 9.17) is 0 Å². The van der Waals surface area contributed by atoms with Gasteiger partial charge in [0, 0.05) is 24.8 Å². The average Bonchev–Trinajstić information content (AvgIpc) is 2.28. The second-order valence-corrected chi connectivity index (χ2v) is 4.91. The van der Waals surface area contributed by atoms with Gasteiger partial charge in [0.05, 0.1) is 5.60 Å². The minimum absolute atomic E-state index is 0.0670. The van der Waals surface area contributed by atoms with Crippen molar-refractivity contribution in [1.29, 1.82) is 0 Å². The molecule has 0 aliphatic heterocycles. The standard InChI is InChI=1S/C16H20O2/c1-4-15(17)12-16(3,18)10-6-9-14-8-5-7-13(2)11-14/h5,7-8,11,18H,4,10,12H2,1-3H3/t16-/m1/s1. The molecule has 0 bridgehead atoms. The molecule has 96 valence electrons. The summed E-state index contributed by atoms with van der Waals surface area (Å²) in [6.45, 7) is 5.48. The molecule has 1 rings (SSSR count). The zero-order valence-corrected chi connectivity index (χ0v) is 11.3. The summed E-state index contributed by atoms with van der Waals surface area (Å²) in [6.07, 6.45) is 0.945. The highest BCUT2D eigenvalue weighted by Crippen LogP contribution is 2.15. The molecule has 0 saturated heterocycles. The van der Waals surface area contributed by atoms with Crippen molar-refractivity contribution in [2.45, 2.75) is 45.6 Å². The van der Waals surface area contributed by atoms with Gasteiger partial charge in [-0.1, -0.05) is 30.9 Å². The molecule has 0 radical (unpaired) electrons. The van der Waals surface area contributed by atoms with Gasteiger partial charge in [-0.25, -0.2) is 0 Å². The predicted octanol–water partition coefficient (Wildman–Crippen LogP) is 2.86. The number of Topliss-reactive ketones (excluding diaryl/α,β-unsaturated/α-hetero) is 1. The molecule has 1 atom stereocenters. The van der Waals surface area contributed by atoms with Crippen LogP contribution in [0.5, 0.6) is 0 Å². The van der Waals surface area contributed by atoms with Crippen LogP contribution in [0, 0.1) is 18.8 Å². The van der Waals surface area contributed by atoms with Crippen molar-refractivity contribution in [1.82, 2.24) is 0 Å². The van der Waals surface area contributed by atoms with Crippen molar-refractivity contribution in [3.05, 3.63) is 35.4 Å². The molecule has 0 aliphatic carbocycles. The summed E-state index contributed by atoms with van der Waals surface area (Å²) in [4.78, 5) is 11.3. The van der Waals surface area contributed by atoms with Gasteiger partial charge in [-0.15, -0.1) is 0 Å². The van der Waals surface area contributed by atoms with E-state index in [2.05, 4.69) is 11.8 Å². The maximum absolute atomic E-state index is 11.3. The van der Waals surface area contributed by atoms with Crippen LogP contribution in [-0.4, -0.2) is 16.5 Å². The largest absolute Gasteiger partial charge is 0.389 e. The summed E-state index contributed by atoms with van der Waals surface area (Å²) in [7, 11) is 0. The molecule has 0 saturated carbocycles. The lowest BCUT2D eigenvalue weighted by molar-refractivity contribution is -0.122. The fourth-order valence-electron chi connectivity index (χ4n) is 1.67. The quantitative estimate of drug-likeness (QED) is 0.827. The van der Waals surface area contributed by atoms with Crippen molar-refractivity contribution in [2.24, 2.45) is 0 Å². The van der Waals surface area contributed by atoms with Crippen LogP contribution >= 0.6 is 0 Å². The Hall–Kier alpha value is -1.59. The van der Waals surface area contributed by atoms with Crippen LogP contribution in [-0.2, 0) is 4.79 Å². The minimum Gasteiger partial charge on any atom is -0.389 e. The Bertz CT molecular complexity index is 475. The lowest BCUT2D eigenvalue weighted by atomic mass is 9.95. The van der Waals surface area contributed by atoms with Gasteiger partial charge in [0.25, 0.3) is 0 Å². The first-order valence-electron chi connectivity index (χ1n) is 6.22. The highest BCUT2D eigenvalue weighted by atomic mass is 16.3. The van der Waals surface area contributed by atoms with E-state index in [0.29, 0.717) is 12.8 Å². The summed E-state index contributed by atoms with van der Waals surface area (Å²) in [6, 6.07) is 7.91. The van der Waals surface area contributed by atoms with Gasteiger partial charge >= 0.3 is 0 Å². The summed E-state index contributed by atoms with van der Waals surface area (Å²) in [5.41, 5.74) is 1.08. The molecule has 1 aromatic carbocycles. The van der Waals surface area contributed by atoms with E-state index >= 15 is 0 Å². The van der Waals surface area contributed by atoms with Gasteiger partial charge < -0.3 is 5.11 Å². The van der Waals surface area contributed by atoms with Crippen molar-refractivity contribution >= 4 is 5.78 Å². The fourth-order valence-corrected chi connectivity index (χ4v) is 1.67. The molecule has 18 heavy (non-hydrogen) atoms. The molecular weight excluding hydrogens is 224 g/mol. The van der Waals surface area contributed by atoms with Crippen LogP contribution in [0.15, 0.2) is 24.3 Å². The maximum Gasteiger partial charge on any atom is 0.135 e. The van der Waals surface area contributed by atoms with Crippen LogP contribution in [0.3, 0.4) is 0 Å². The molecule has 1 N–H and O–H groups in total. The Kier molecular flexibility index (Phi) is 5.12. The van der Waals surface area contributed by atoms with Gasteiger partial charge in [-0.2, -0.15) is 0 Å². The molecule has 0 aromatic heterocycles. The topological polar surface area (TPSA) is 37.3 Å². The minimum atomic E-state index is -1.02. The van der Waals surface area contributed by atoms with E-state index in [1.54, 1.807) is 13.8 Å². The van der Waals surface area contributed by atoms with Crippen LogP contribution < -0.4 is 0 Å². The lowest BCUT2D eigenvalue weighted by Gasteiger charge is -2.18. The zero-order valence-electron chi connectivity index (χ0n) is 11.3. The third-order valence-electron chi connectivity index (χ3n) is 2.69. The van der Waals surface area contributed by atoms with E-state index in [1.165, 1.54) is 0 Å². The Morgan fingerprint density at radius 1 is 1.44 bits per heavy atom. The van der Waals surface area contributed by atoms with E-state index < -0.39 is 5.60 Å². The molecule has 0 fully saturated rings. The number of ketones is 1. The molecule has 0 aliphatic rings. The Morgan fingerprint density at radius 3 is 2.78 bits per heavy atom. The lowest BCUT2D eigenvalue weighted by Crippen LogP contribution is -2.26. The highest BCUT2D eigenvalue weighted by Gasteiger charge is 2.22. The van der Waals surface area contributed by atoms with E-state index in [-0.39, 0.29) is 12.2 Å². The SMILES string of the molecule is CCC(=O)C[C@](C)(O)CC#Cc1cccc(C)c1. The number of aryl methyl sites for hydroxylation is 1. The molecule has 0 spiro atoms. The van der Waals surface area contributed by atoms with E-state index in [9.17, 15) is 9.90 Å². The number of aliphatic hydroxyl groups is 1. The third-order valence-corrected chi connectivity index (χ3v) is 2.69. The molecule has 2 heteroatoms. The number of benzene rings is 1. The third kappa shape index (κ3) is 5.16. The smallest absolute Gasteiger partial charge is 0.135 e. The van der Waals surface area contributed by atoms with E-state index in [0.717, 1.165) is 11.1 Å². The van der Waals surface area contributed by atoms with Crippen LogP contribution in [0.1, 0.15) is 44.2 Å². The molecule has 0 unspecified atom stereocenters. The number of carbonyl (C=O) groups is 1. The molecule has 1 aromatic rings. The number of rotatable bonds is 4. The Balaban J connectivity index is 2.62. The highest BCUT2D eigenvalue weighted by molar-refractivity contribution is 5.79. The van der Waals surface area contributed by atoms with Crippen LogP contribution in [0.4, 0.5) is 0 Å². The van der Waals surface area contributed by atoms with Gasteiger partial charge in [0.2, 0.25) is 0 Å². The summed E-state index contributed by atoms with van der Waals surface area (Å²) >= 11 is 0. The van der Waals surface area contributed by atoms with Crippen molar-refractivity contribution in [3.8, 4) is 11.8 Å². The molecule has 0 heterocycles. The summed E-state index contributed by atoms with van der Waals surface area (Å²) in [5, 5.41) is 10.0. The van der Waals surface area contributed by atoms with Gasteiger partial charge in [0.15, 0.2) is 0 Å². The Morgan fingerprint density at radius 2 is 2.17 bits per heavy atom. The first-order valence-corrected chi connectivity index (χ1v) is 6.22.